The molecule has 2 aromatic rings. The van der Waals surface area contributed by atoms with E-state index in [9.17, 15) is 22.8 Å². The van der Waals surface area contributed by atoms with Crippen LogP contribution in [0.1, 0.15) is 35.7 Å². The number of carbonyl (C=O) groups excluding carboxylic acids is 1. The van der Waals surface area contributed by atoms with Crippen molar-refractivity contribution in [1.82, 2.24) is 4.57 Å². The Bertz CT molecular complexity index is 953. The van der Waals surface area contributed by atoms with Crippen molar-refractivity contribution in [2.45, 2.75) is 31.7 Å². The van der Waals surface area contributed by atoms with E-state index in [-0.39, 0.29) is 34.1 Å². The van der Waals surface area contributed by atoms with Crippen LogP contribution in [0.4, 0.5) is 13.2 Å². The number of carbonyl (C=O) groups is 1. The summed E-state index contributed by atoms with van der Waals surface area (Å²) in [6.45, 7) is 0.474. The van der Waals surface area contributed by atoms with Crippen molar-refractivity contribution in [2.24, 2.45) is 0 Å². The van der Waals surface area contributed by atoms with Crippen molar-refractivity contribution in [3.05, 3.63) is 39.1 Å². The minimum Gasteiger partial charge on any atom is -0.462 e. The van der Waals surface area contributed by atoms with Crippen molar-refractivity contribution in [3.8, 4) is 5.75 Å². The largest absolute Gasteiger partial charge is 0.573 e. The molecule has 1 aliphatic carbocycles. The normalized spacial score (nSPS) is 14.3. The molecule has 1 fully saturated rings. The molecule has 0 radical (unpaired) electrons. The summed E-state index contributed by atoms with van der Waals surface area (Å²) in [6, 6.07) is 2.13. The van der Waals surface area contributed by atoms with Crippen molar-refractivity contribution in [3.63, 3.8) is 0 Å². The summed E-state index contributed by atoms with van der Waals surface area (Å²) in [5.74, 6) is -1.41. The van der Waals surface area contributed by atoms with Gasteiger partial charge in [-0.25, -0.2) is 4.79 Å². The van der Waals surface area contributed by atoms with Crippen LogP contribution in [0.3, 0.4) is 0 Å². The lowest BCUT2D eigenvalue weighted by molar-refractivity contribution is -0.274. The number of nitrogens with zero attached hydrogens (tertiary/aromatic N) is 1. The summed E-state index contributed by atoms with van der Waals surface area (Å²) in [5, 5.41) is -0.354. The lowest BCUT2D eigenvalue weighted by atomic mass is 10.1. The molecule has 1 aromatic heterocycles. The van der Waals surface area contributed by atoms with E-state index in [1.165, 1.54) is 13.3 Å². The average Bonchev–Trinajstić information content (AvgIpc) is 3.44. The summed E-state index contributed by atoms with van der Waals surface area (Å²) < 4.78 is 53.3. The van der Waals surface area contributed by atoms with E-state index >= 15 is 0 Å². The number of esters is 1. The highest BCUT2D eigenvalue weighted by atomic mass is 35.5. The Morgan fingerprint density at radius 1 is 1.29 bits per heavy atom. The zero-order chi connectivity index (χ0) is 20.5. The molecule has 1 aliphatic rings. The highest BCUT2D eigenvalue weighted by Gasteiger charge is 2.33. The average molecular weight is 420 g/mol. The molecule has 1 saturated carbocycles. The number of ether oxygens (including phenoxy) is 3. The van der Waals surface area contributed by atoms with Crippen LogP contribution in [-0.2, 0) is 9.47 Å². The van der Waals surface area contributed by atoms with Crippen LogP contribution in [-0.4, -0.2) is 37.2 Å². The number of benzene rings is 1. The molecule has 152 valence electrons. The van der Waals surface area contributed by atoms with Gasteiger partial charge >= 0.3 is 12.3 Å². The molecule has 0 saturated heterocycles. The van der Waals surface area contributed by atoms with Gasteiger partial charge in [-0.3, -0.25) is 4.79 Å². The van der Waals surface area contributed by atoms with E-state index in [2.05, 4.69) is 4.74 Å². The van der Waals surface area contributed by atoms with Gasteiger partial charge < -0.3 is 18.8 Å². The van der Waals surface area contributed by atoms with Gasteiger partial charge in [0.1, 0.15) is 11.3 Å². The minimum absolute atomic E-state index is 0.0250. The summed E-state index contributed by atoms with van der Waals surface area (Å²) in [5.41, 5.74) is -0.645. The first-order valence-corrected chi connectivity index (χ1v) is 8.89. The Hall–Kier alpha value is -2.26. The second-order valence-electron chi connectivity index (χ2n) is 6.34. The Balaban J connectivity index is 2.04. The number of fused-ring (bicyclic) bond motifs is 1. The van der Waals surface area contributed by atoms with Crippen LogP contribution in [0.25, 0.3) is 10.9 Å². The third-order valence-electron chi connectivity index (χ3n) is 4.20. The number of hydrogen-bond acceptors (Lipinski definition) is 5. The van der Waals surface area contributed by atoms with E-state index in [1.54, 1.807) is 4.57 Å². The second-order valence-corrected chi connectivity index (χ2v) is 6.75. The SMILES string of the molecule is COCCCOC(=O)c1cn(C2CC2)c2cc(OC(F)(F)F)c(Cl)cc2c1=O. The predicted octanol–water partition coefficient (Wildman–Crippen LogP) is 4.08. The number of rotatable bonds is 7. The first-order valence-electron chi connectivity index (χ1n) is 8.51. The maximum atomic E-state index is 12.7. The molecule has 0 aliphatic heterocycles. The zero-order valence-electron chi connectivity index (χ0n) is 14.8. The summed E-state index contributed by atoms with van der Waals surface area (Å²) in [4.78, 5) is 25.1. The number of hydrogen-bond donors (Lipinski definition) is 0. The van der Waals surface area contributed by atoms with Crippen molar-refractivity contribution in [2.75, 3.05) is 20.3 Å². The molecule has 0 unspecified atom stereocenters. The van der Waals surface area contributed by atoms with E-state index in [1.807, 2.05) is 0 Å². The van der Waals surface area contributed by atoms with E-state index in [4.69, 9.17) is 21.1 Å². The van der Waals surface area contributed by atoms with Gasteiger partial charge in [-0.1, -0.05) is 11.6 Å². The van der Waals surface area contributed by atoms with Gasteiger partial charge in [0.05, 0.1) is 17.1 Å². The smallest absolute Gasteiger partial charge is 0.462 e. The lowest BCUT2D eigenvalue weighted by Gasteiger charge is -2.16. The number of alkyl halides is 3. The summed E-state index contributed by atoms with van der Waals surface area (Å²) in [6.07, 6.45) is -1.58. The molecule has 0 bridgehead atoms. The Kier molecular flexibility index (Phi) is 5.85. The number of halogens is 4. The van der Waals surface area contributed by atoms with Gasteiger partial charge in [-0.15, -0.1) is 13.2 Å². The van der Waals surface area contributed by atoms with Crippen molar-refractivity contribution >= 4 is 28.5 Å². The molecule has 1 aromatic carbocycles. The van der Waals surface area contributed by atoms with E-state index in [0.29, 0.717) is 13.0 Å². The fourth-order valence-corrected chi connectivity index (χ4v) is 3.00. The topological polar surface area (TPSA) is 66.8 Å². The summed E-state index contributed by atoms with van der Waals surface area (Å²) in [7, 11) is 1.51. The van der Waals surface area contributed by atoms with Gasteiger partial charge in [-0.05, 0) is 18.9 Å². The molecule has 3 rings (SSSR count). The predicted molar refractivity (Wildman–Crippen MR) is 94.9 cm³/mol. The fraction of sp³-hybridized carbons (Fsp3) is 0.444. The fourth-order valence-electron chi connectivity index (χ4n) is 2.80. The molecule has 0 amide bonds. The standard InChI is InChI=1S/C18H17ClF3NO5/c1-26-5-2-6-27-17(25)12-9-23(10-3-4-10)14-8-15(28-18(20,21)22)13(19)7-11(14)16(12)24/h7-10H,2-6H2,1H3. The van der Waals surface area contributed by atoms with Crippen LogP contribution in [0, 0.1) is 0 Å². The first kappa shape index (κ1) is 20.5. The first-order chi connectivity index (χ1) is 13.2. The van der Waals surface area contributed by atoms with Gasteiger partial charge in [0, 0.05) is 43.8 Å². The van der Waals surface area contributed by atoms with Crippen molar-refractivity contribution < 1.29 is 32.2 Å². The number of aromatic nitrogens is 1. The lowest BCUT2D eigenvalue weighted by Crippen LogP contribution is -2.22. The molecule has 28 heavy (non-hydrogen) atoms. The Morgan fingerprint density at radius 2 is 2.00 bits per heavy atom. The molecule has 1 heterocycles. The molecule has 0 spiro atoms. The molecule has 0 N–H and O–H groups in total. The highest BCUT2D eigenvalue weighted by Crippen LogP contribution is 2.39. The van der Waals surface area contributed by atoms with Crippen LogP contribution in [0.15, 0.2) is 23.1 Å². The Labute approximate surface area is 162 Å². The van der Waals surface area contributed by atoms with E-state index < -0.39 is 23.5 Å². The Morgan fingerprint density at radius 3 is 2.61 bits per heavy atom. The maximum Gasteiger partial charge on any atom is 0.573 e. The molecule has 10 heteroatoms. The summed E-state index contributed by atoms with van der Waals surface area (Å²) >= 11 is 5.88. The molecule has 0 atom stereocenters. The van der Waals surface area contributed by atoms with E-state index in [0.717, 1.165) is 25.0 Å². The molecular formula is C18H17ClF3NO5. The monoisotopic (exact) mass is 419 g/mol. The number of methoxy groups -OCH3 is 1. The quantitative estimate of drug-likeness (QED) is 0.499. The maximum absolute atomic E-state index is 12.7. The van der Waals surface area contributed by atoms with Gasteiger partial charge in [-0.2, -0.15) is 0 Å². The third-order valence-corrected chi connectivity index (χ3v) is 4.49. The highest BCUT2D eigenvalue weighted by molar-refractivity contribution is 6.32. The molecule has 6 nitrogen and oxygen atoms in total. The molecular weight excluding hydrogens is 403 g/mol. The minimum atomic E-state index is -4.92. The van der Waals surface area contributed by atoms with Gasteiger partial charge in [0.2, 0.25) is 5.43 Å². The van der Waals surface area contributed by atoms with Gasteiger partial charge in [0.25, 0.3) is 0 Å². The van der Waals surface area contributed by atoms with Crippen LogP contribution < -0.4 is 10.2 Å². The van der Waals surface area contributed by atoms with Crippen molar-refractivity contribution in [1.29, 1.82) is 0 Å². The third kappa shape index (κ3) is 4.59. The van der Waals surface area contributed by atoms with Crippen LogP contribution in [0.5, 0.6) is 5.75 Å². The van der Waals surface area contributed by atoms with Gasteiger partial charge in [0.15, 0.2) is 0 Å². The zero-order valence-corrected chi connectivity index (χ0v) is 15.6. The number of pyridine rings is 1. The van der Waals surface area contributed by atoms with Crippen LogP contribution in [0.2, 0.25) is 5.02 Å². The van der Waals surface area contributed by atoms with Crippen LogP contribution >= 0.6 is 11.6 Å². The second kappa shape index (κ2) is 8.00.